The summed E-state index contributed by atoms with van der Waals surface area (Å²) in [5, 5.41) is 0. The van der Waals surface area contributed by atoms with Gasteiger partial charge in [0.05, 0.1) is 6.61 Å². The van der Waals surface area contributed by atoms with Gasteiger partial charge in [0.25, 0.3) is 0 Å². The van der Waals surface area contributed by atoms with Gasteiger partial charge in [0.1, 0.15) is 6.61 Å². The zero-order valence-electron chi connectivity index (χ0n) is 32.4. The highest BCUT2D eigenvalue weighted by Gasteiger charge is 2.22. The standard InChI is InChI=1S/C43H71O8P/c1-3-5-7-9-11-13-15-17-19-21-23-25-27-29-31-33-35-37-42(44)49-39-41(40-50-52(46,47)48)51-43(45)38-36-34-32-30-28-26-24-22-20-18-16-14-12-10-8-6-4-2/h7,9,13,15,18-21,24-27,30,32,41H,3-6,8,10-12,14,16-17,22-23,28-29,31,33-40H2,1-2H3,(H2,46,47,48)/b9-7+,15-13+,20-18+,21-19+,26-24+,27-25+,32-30+/t41-/m1/s1. The van der Waals surface area contributed by atoms with E-state index in [9.17, 15) is 14.2 Å². The number of esters is 2. The fourth-order valence-electron chi connectivity index (χ4n) is 4.91. The Hall–Kier alpha value is -2.77. The smallest absolute Gasteiger partial charge is 0.462 e. The second-order valence-corrected chi connectivity index (χ2v) is 14.1. The fourth-order valence-corrected chi connectivity index (χ4v) is 5.27. The molecule has 0 fully saturated rings. The number of phosphoric acid groups is 1. The molecule has 0 saturated heterocycles. The molecular weight excluding hydrogens is 675 g/mol. The van der Waals surface area contributed by atoms with Crippen molar-refractivity contribution in [3.05, 3.63) is 85.1 Å². The molecule has 52 heavy (non-hydrogen) atoms. The highest BCUT2D eigenvalue weighted by molar-refractivity contribution is 7.46. The van der Waals surface area contributed by atoms with Crippen molar-refractivity contribution in [3.63, 3.8) is 0 Å². The Bertz CT molecular complexity index is 1110. The number of ether oxygens (including phenoxy) is 2. The number of carbonyl (C=O) groups excluding carboxylic acids is 2. The van der Waals surface area contributed by atoms with Crippen LogP contribution < -0.4 is 0 Å². The molecule has 0 aliphatic rings. The van der Waals surface area contributed by atoms with Crippen LogP contribution in [0.2, 0.25) is 0 Å². The number of hydrogen-bond acceptors (Lipinski definition) is 6. The van der Waals surface area contributed by atoms with E-state index in [0.29, 0.717) is 19.3 Å². The summed E-state index contributed by atoms with van der Waals surface area (Å²) in [4.78, 5) is 42.7. The molecule has 0 rings (SSSR count). The minimum absolute atomic E-state index is 0.128. The van der Waals surface area contributed by atoms with Gasteiger partial charge in [-0.25, -0.2) is 4.57 Å². The molecule has 8 nitrogen and oxygen atoms in total. The minimum Gasteiger partial charge on any atom is -0.462 e. The van der Waals surface area contributed by atoms with E-state index in [0.717, 1.165) is 64.2 Å². The van der Waals surface area contributed by atoms with E-state index < -0.39 is 32.5 Å². The molecule has 0 aliphatic heterocycles. The highest BCUT2D eigenvalue weighted by atomic mass is 31.2. The summed E-state index contributed by atoms with van der Waals surface area (Å²) in [6, 6.07) is 0. The van der Waals surface area contributed by atoms with E-state index >= 15 is 0 Å². The number of rotatable bonds is 35. The van der Waals surface area contributed by atoms with Crippen LogP contribution in [0.3, 0.4) is 0 Å². The molecular formula is C43H71O8P. The van der Waals surface area contributed by atoms with Crippen molar-refractivity contribution in [2.24, 2.45) is 0 Å². The van der Waals surface area contributed by atoms with Gasteiger partial charge >= 0.3 is 19.8 Å². The first-order valence-corrected chi connectivity index (χ1v) is 21.4. The lowest BCUT2D eigenvalue weighted by atomic mass is 10.1. The Morgan fingerprint density at radius 3 is 1.42 bits per heavy atom. The van der Waals surface area contributed by atoms with E-state index in [1.807, 2.05) is 6.08 Å². The topological polar surface area (TPSA) is 119 Å². The molecule has 0 unspecified atom stereocenters. The molecule has 1 atom stereocenters. The third-order valence-corrected chi connectivity index (χ3v) is 8.35. The molecule has 0 bridgehead atoms. The number of unbranched alkanes of at least 4 members (excludes halogenated alkanes) is 11. The van der Waals surface area contributed by atoms with Gasteiger partial charge in [0.2, 0.25) is 0 Å². The number of phosphoric ester groups is 1. The first-order valence-electron chi connectivity index (χ1n) is 19.9. The summed E-state index contributed by atoms with van der Waals surface area (Å²) in [7, 11) is -4.78. The van der Waals surface area contributed by atoms with Gasteiger partial charge < -0.3 is 19.3 Å². The van der Waals surface area contributed by atoms with Crippen molar-refractivity contribution < 1.29 is 37.9 Å². The molecule has 0 aromatic carbocycles. The Kier molecular flexibility index (Phi) is 35.9. The molecule has 0 radical (unpaired) electrons. The Labute approximate surface area is 316 Å². The fraction of sp³-hybridized carbons (Fsp3) is 0.628. The molecule has 0 amide bonds. The predicted molar refractivity (Wildman–Crippen MR) is 216 cm³/mol. The minimum atomic E-state index is -4.78. The van der Waals surface area contributed by atoms with Gasteiger partial charge in [-0.3, -0.25) is 14.1 Å². The summed E-state index contributed by atoms with van der Waals surface area (Å²) in [6.07, 6.45) is 50.2. The lowest BCUT2D eigenvalue weighted by Gasteiger charge is -2.18. The first-order chi connectivity index (χ1) is 25.3. The molecule has 0 aromatic heterocycles. The van der Waals surface area contributed by atoms with Crippen LogP contribution in [0.25, 0.3) is 0 Å². The third-order valence-electron chi connectivity index (χ3n) is 7.87. The lowest BCUT2D eigenvalue weighted by Crippen LogP contribution is -2.29. The second-order valence-electron chi connectivity index (χ2n) is 12.9. The van der Waals surface area contributed by atoms with Crippen molar-refractivity contribution in [1.82, 2.24) is 0 Å². The average molecular weight is 747 g/mol. The molecule has 9 heteroatoms. The van der Waals surface area contributed by atoms with E-state index in [1.54, 1.807) is 0 Å². The van der Waals surface area contributed by atoms with E-state index in [1.165, 1.54) is 44.9 Å². The molecule has 0 heterocycles. The zero-order valence-corrected chi connectivity index (χ0v) is 33.3. The van der Waals surface area contributed by atoms with E-state index in [-0.39, 0.29) is 19.4 Å². The molecule has 0 aliphatic carbocycles. The van der Waals surface area contributed by atoms with Crippen LogP contribution in [-0.2, 0) is 28.2 Å². The summed E-state index contributed by atoms with van der Waals surface area (Å²) < 4.78 is 26.3. The van der Waals surface area contributed by atoms with Crippen LogP contribution >= 0.6 is 7.82 Å². The molecule has 0 spiro atoms. The van der Waals surface area contributed by atoms with Crippen LogP contribution in [0, 0.1) is 0 Å². The maximum Gasteiger partial charge on any atom is 0.469 e. The van der Waals surface area contributed by atoms with Crippen LogP contribution in [0.15, 0.2) is 85.1 Å². The van der Waals surface area contributed by atoms with Gasteiger partial charge in [0, 0.05) is 12.8 Å². The lowest BCUT2D eigenvalue weighted by molar-refractivity contribution is -0.161. The van der Waals surface area contributed by atoms with Gasteiger partial charge in [0.15, 0.2) is 6.10 Å². The van der Waals surface area contributed by atoms with Crippen molar-refractivity contribution in [2.45, 2.75) is 161 Å². The molecule has 0 saturated carbocycles. The quantitative estimate of drug-likeness (QED) is 0.0285. The maximum atomic E-state index is 12.4. The van der Waals surface area contributed by atoms with E-state index in [2.05, 4.69) is 97.4 Å². The van der Waals surface area contributed by atoms with Crippen LogP contribution in [0.4, 0.5) is 0 Å². The van der Waals surface area contributed by atoms with Gasteiger partial charge in [-0.15, -0.1) is 0 Å². The largest absolute Gasteiger partial charge is 0.469 e. The van der Waals surface area contributed by atoms with Crippen LogP contribution in [0.1, 0.15) is 155 Å². The average Bonchev–Trinajstić information content (AvgIpc) is 3.11. The molecule has 296 valence electrons. The predicted octanol–water partition coefficient (Wildman–Crippen LogP) is 12.1. The van der Waals surface area contributed by atoms with Crippen molar-refractivity contribution in [3.8, 4) is 0 Å². The van der Waals surface area contributed by atoms with Crippen LogP contribution in [0.5, 0.6) is 0 Å². The zero-order chi connectivity index (χ0) is 38.2. The highest BCUT2D eigenvalue weighted by Crippen LogP contribution is 2.35. The van der Waals surface area contributed by atoms with E-state index in [4.69, 9.17) is 19.3 Å². The van der Waals surface area contributed by atoms with Crippen molar-refractivity contribution in [2.75, 3.05) is 13.2 Å². The Morgan fingerprint density at radius 1 is 0.500 bits per heavy atom. The summed E-state index contributed by atoms with van der Waals surface area (Å²) in [5.41, 5.74) is 0. The second kappa shape index (κ2) is 38.0. The first kappa shape index (κ1) is 49.2. The molecule has 2 N–H and O–H groups in total. The maximum absolute atomic E-state index is 12.4. The number of hydrogen-bond donors (Lipinski definition) is 2. The summed E-state index contributed by atoms with van der Waals surface area (Å²) >= 11 is 0. The SMILES string of the molecule is CCC/C=C/C/C=C/C/C=C/C/C=C/CCCCCC(=O)OC[C@H](COP(=O)(O)O)OC(=O)CCC/C=C/C/C=C/C/C=C/CCCCCCCC. The van der Waals surface area contributed by atoms with Crippen molar-refractivity contribution in [1.29, 1.82) is 0 Å². The number of carbonyl (C=O) groups is 2. The molecule has 0 aromatic rings. The van der Waals surface area contributed by atoms with Gasteiger partial charge in [-0.1, -0.05) is 144 Å². The van der Waals surface area contributed by atoms with Crippen LogP contribution in [-0.4, -0.2) is 41.0 Å². The summed E-state index contributed by atoms with van der Waals surface area (Å²) in [5.74, 6) is -0.991. The van der Waals surface area contributed by atoms with Gasteiger partial charge in [-0.05, 0) is 83.5 Å². The third kappa shape index (κ3) is 40.0. The Balaban J connectivity index is 4.12. The van der Waals surface area contributed by atoms with Crippen molar-refractivity contribution >= 4 is 19.8 Å². The Morgan fingerprint density at radius 2 is 0.923 bits per heavy atom. The normalized spacial score (nSPS) is 13.4. The monoisotopic (exact) mass is 746 g/mol. The van der Waals surface area contributed by atoms with Gasteiger partial charge in [-0.2, -0.15) is 0 Å². The summed E-state index contributed by atoms with van der Waals surface area (Å²) in [6.45, 7) is 3.52. The number of allylic oxidation sites excluding steroid dienone is 14.